The van der Waals surface area contributed by atoms with Gasteiger partial charge in [-0.05, 0) is 49.6 Å². The Morgan fingerprint density at radius 1 is 1.26 bits per heavy atom. The van der Waals surface area contributed by atoms with Crippen LogP contribution in [-0.4, -0.2) is 37.4 Å². The third-order valence-electron chi connectivity index (χ3n) is 5.50. The summed E-state index contributed by atoms with van der Waals surface area (Å²) in [6.45, 7) is -2.31. The second-order valence-electron chi connectivity index (χ2n) is 7.46. The van der Waals surface area contributed by atoms with Gasteiger partial charge < -0.3 is 4.57 Å². The van der Waals surface area contributed by atoms with Crippen LogP contribution in [0.4, 0.5) is 8.78 Å². The number of aromatic nitrogens is 2. The average molecular weight is 465 g/mol. The minimum absolute atomic E-state index is 0.211. The third-order valence-corrected chi connectivity index (χ3v) is 7.24. The normalized spacial score (nSPS) is 14.7. The van der Waals surface area contributed by atoms with Gasteiger partial charge in [-0.2, -0.15) is 5.26 Å². The largest absolute Gasteiger partial charge is 0.335 e. The summed E-state index contributed by atoms with van der Waals surface area (Å²) in [4.78, 5) is 4.08. The lowest BCUT2D eigenvalue weighted by Gasteiger charge is -2.30. The molecule has 162 valence electrons. The van der Waals surface area contributed by atoms with Gasteiger partial charge in [-0.3, -0.25) is 4.98 Å². The molecule has 2 aromatic heterocycles. The number of sulfonamides is 1. The van der Waals surface area contributed by atoms with E-state index < -0.39 is 29.4 Å². The molecular weight excluding hydrogens is 446 g/mol. The van der Waals surface area contributed by atoms with Gasteiger partial charge in [0, 0.05) is 22.6 Å². The second kappa shape index (κ2) is 8.54. The maximum absolute atomic E-state index is 12.7. The first-order valence-corrected chi connectivity index (χ1v) is 11.6. The highest BCUT2D eigenvalue weighted by Gasteiger charge is 2.29. The molecule has 0 amide bonds. The van der Waals surface area contributed by atoms with E-state index >= 15 is 0 Å². The van der Waals surface area contributed by atoms with Crippen molar-refractivity contribution in [1.29, 1.82) is 5.26 Å². The fraction of sp³-hybridized carbons (Fsp3) is 0.333. The smallest absolute Gasteiger partial charge is 0.242 e. The SMILES string of the molecule is N#Cc1c(-c2ccc(S(=O)(=O)NC(CF)CF)cn2)n(C2CCC2)c2ccc(Cl)cc12. The lowest BCUT2D eigenvalue weighted by molar-refractivity contribution is 0.324. The van der Waals surface area contributed by atoms with Gasteiger partial charge in [0.15, 0.2) is 0 Å². The molecule has 0 aliphatic heterocycles. The molecule has 2 heterocycles. The molecule has 10 heteroatoms. The van der Waals surface area contributed by atoms with E-state index in [1.54, 1.807) is 12.1 Å². The standard InChI is InChI=1S/C21H19ClF2N4O2S/c22-13-4-7-20-17(8-13)18(11-25)21(28(20)15-2-1-3-15)19-6-5-16(12-26-19)31(29,30)27-14(9-23)10-24/h4-8,12,14-15,27H,1-3,9-10H2. The summed E-state index contributed by atoms with van der Waals surface area (Å²) in [7, 11) is -4.13. The van der Waals surface area contributed by atoms with Crippen molar-refractivity contribution in [3.8, 4) is 17.5 Å². The molecule has 1 aromatic carbocycles. The summed E-state index contributed by atoms with van der Waals surface area (Å²) in [6.07, 6.45) is 4.14. The molecule has 0 saturated heterocycles. The van der Waals surface area contributed by atoms with Crippen molar-refractivity contribution in [2.75, 3.05) is 13.3 Å². The van der Waals surface area contributed by atoms with Gasteiger partial charge in [0.05, 0.1) is 28.5 Å². The van der Waals surface area contributed by atoms with Crippen molar-refractivity contribution in [3.05, 3.63) is 47.1 Å². The molecule has 0 spiro atoms. The third kappa shape index (κ3) is 3.91. The predicted octanol–water partition coefficient (Wildman–Crippen LogP) is 4.54. The van der Waals surface area contributed by atoms with Crippen LogP contribution in [0.2, 0.25) is 5.02 Å². The number of alkyl halides is 2. The summed E-state index contributed by atoms with van der Waals surface area (Å²) in [5, 5.41) is 11.1. The number of halogens is 3. The van der Waals surface area contributed by atoms with Crippen LogP contribution in [0, 0.1) is 11.3 Å². The predicted molar refractivity (Wildman–Crippen MR) is 114 cm³/mol. The number of nitriles is 1. The Hall–Kier alpha value is -2.54. The summed E-state index contributed by atoms with van der Waals surface area (Å²) in [6, 6.07) is 9.20. The summed E-state index contributed by atoms with van der Waals surface area (Å²) >= 11 is 6.16. The van der Waals surface area contributed by atoms with Crippen LogP contribution in [0.15, 0.2) is 41.4 Å². The van der Waals surface area contributed by atoms with E-state index in [-0.39, 0.29) is 10.9 Å². The van der Waals surface area contributed by atoms with Crippen molar-refractivity contribution in [2.24, 2.45) is 0 Å². The van der Waals surface area contributed by atoms with Crippen molar-refractivity contribution >= 4 is 32.5 Å². The molecule has 1 fully saturated rings. The fourth-order valence-corrected chi connectivity index (χ4v) is 5.06. The van der Waals surface area contributed by atoms with Gasteiger partial charge in [0.1, 0.15) is 24.3 Å². The molecule has 0 unspecified atom stereocenters. The molecule has 1 aliphatic carbocycles. The molecule has 3 aromatic rings. The highest BCUT2D eigenvalue weighted by Crippen LogP contribution is 2.42. The average Bonchev–Trinajstić information content (AvgIpc) is 3.04. The van der Waals surface area contributed by atoms with Gasteiger partial charge in [0.25, 0.3) is 0 Å². The van der Waals surface area contributed by atoms with Gasteiger partial charge in [-0.1, -0.05) is 11.6 Å². The number of hydrogen-bond donors (Lipinski definition) is 1. The van der Waals surface area contributed by atoms with Gasteiger partial charge in [-0.25, -0.2) is 21.9 Å². The van der Waals surface area contributed by atoms with Crippen LogP contribution < -0.4 is 4.72 Å². The molecule has 1 saturated carbocycles. The van der Waals surface area contributed by atoms with E-state index in [1.165, 1.54) is 12.1 Å². The van der Waals surface area contributed by atoms with E-state index in [4.69, 9.17) is 11.6 Å². The summed E-state index contributed by atoms with van der Waals surface area (Å²) in [5.74, 6) is 0. The van der Waals surface area contributed by atoms with Crippen molar-refractivity contribution in [1.82, 2.24) is 14.3 Å². The molecule has 4 rings (SSSR count). The van der Waals surface area contributed by atoms with E-state index in [1.807, 2.05) is 10.8 Å². The first kappa shape index (κ1) is 21.7. The van der Waals surface area contributed by atoms with Crippen LogP contribution >= 0.6 is 11.6 Å². The Balaban J connectivity index is 1.81. The maximum Gasteiger partial charge on any atom is 0.242 e. The van der Waals surface area contributed by atoms with Gasteiger partial charge in [-0.15, -0.1) is 0 Å². The molecule has 1 aliphatic rings. The molecular formula is C21H19ClF2N4O2S. The quantitative estimate of drug-likeness (QED) is 0.556. The highest BCUT2D eigenvalue weighted by atomic mass is 35.5. The second-order valence-corrected chi connectivity index (χ2v) is 9.61. The Morgan fingerprint density at radius 3 is 2.55 bits per heavy atom. The van der Waals surface area contributed by atoms with E-state index in [0.717, 1.165) is 31.0 Å². The first-order valence-electron chi connectivity index (χ1n) is 9.73. The topological polar surface area (TPSA) is 87.8 Å². The highest BCUT2D eigenvalue weighted by molar-refractivity contribution is 7.89. The van der Waals surface area contributed by atoms with Gasteiger partial charge in [0.2, 0.25) is 10.0 Å². The zero-order chi connectivity index (χ0) is 22.2. The number of fused-ring (bicyclic) bond motifs is 1. The Labute approximate surface area is 183 Å². The molecule has 0 atom stereocenters. The zero-order valence-corrected chi connectivity index (χ0v) is 17.9. The maximum atomic E-state index is 12.7. The number of nitrogens with one attached hydrogen (secondary N) is 1. The monoisotopic (exact) mass is 464 g/mol. The lowest BCUT2D eigenvalue weighted by Crippen LogP contribution is -2.37. The molecule has 6 nitrogen and oxygen atoms in total. The van der Waals surface area contributed by atoms with Crippen LogP contribution in [0.1, 0.15) is 30.9 Å². The van der Waals surface area contributed by atoms with E-state index in [0.29, 0.717) is 27.4 Å². The first-order chi connectivity index (χ1) is 14.9. The zero-order valence-electron chi connectivity index (χ0n) is 16.4. The minimum atomic E-state index is -4.13. The van der Waals surface area contributed by atoms with Crippen LogP contribution in [-0.2, 0) is 10.0 Å². The molecule has 0 radical (unpaired) electrons. The minimum Gasteiger partial charge on any atom is -0.335 e. The Kier molecular flexibility index (Phi) is 5.97. The fourth-order valence-electron chi connectivity index (χ4n) is 3.75. The van der Waals surface area contributed by atoms with E-state index in [2.05, 4.69) is 15.6 Å². The Bertz CT molecular complexity index is 1260. The number of pyridine rings is 1. The van der Waals surface area contributed by atoms with Crippen LogP contribution in [0.3, 0.4) is 0 Å². The van der Waals surface area contributed by atoms with Crippen molar-refractivity contribution in [3.63, 3.8) is 0 Å². The van der Waals surface area contributed by atoms with Crippen LogP contribution in [0.5, 0.6) is 0 Å². The number of rotatable bonds is 7. The lowest BCUT2D eigenvalue weighted by atomic mass is 9.92. The number of benzene rings is 1. The summed E-state index contributed by atoms with van der Waals surface area (Å²) < 4.78 is 54.3. The molecule has 31 heavy (non-hydrogen) atoms. The van der Waals surface area contributed by atoms with Gasteiger partial charge >= 0.3 is 0 Å². The molecule has 0 bridgehead atoms. The number of nitrogens with zero attached hydrogens (tertiary/aromatic N) is 3. The Morgan fingerprint density at radius 2 is 2.00 bits per heavy atom. The van der Waals surface area contributed by atoms with E-state index in [9.17, 15) is 22.5 Å². The van der Waals surface area contributed by atoms with Crippen molar-refractivity contribution < 1.29 is 17.2 Å². The van der Waals surface area contributed by atoms with Crippen molar-refractivity contribution in [2.45, 2.75) is 36.2 Å². The molecule has 1 N–H and O–H groups in total. The number of hydrogen-bond acceptors (Lipinski definition) is 4. The van der Waals surface area contributed by atoms with Crippen LogP contribution in [0.25, 0.3) is 22.3 Å². The summed E-state index contributed by atoms with van der Waals surface area (Å²) in [5.41, 5.74) is 2.32.